The van der Waals surface area contributed by atoms with Gasteiger partial charge in [-0.1, -0.05) is 48.5 Å². The maximum Gasteiger partial charge on any atom is 0.141 e. The Balaban J connectivity index is 1.67. The monoisotopic (exact) mass is 394 g/mol. The van der Waals surface area contributed by atoms with Crippen LogP contribution in [0.15, 0.2) is 84.9 Å². The number of ether oxygens (including phenoxy) is 2. The van der Waals surface area contributed by atoms with Crippen LogP contribution in [0.2, 0.25) is 0 Å². The zero-order valence-corrected chi connectivity index (χ0v) is 17.0. The van der Waals surface area contributed by atoms with Crippen molar-refractivity contribution in [2.24, 2.45) is 0 Å². The van der Waals surface area contributed by atoms with Gasteiger partial charge in [0, 0.05) is 18.2 Å². The van der Waals surface area contributed by atoms with Crippen molar-refractivity contribution in [3.05, 3.63) is 90.5 Å². The van der Waals surface area contributed by atoms with Gasteiger partial charge < -0.3 is 14.0 Å². The Hall–Kier alpha value is -3.79. The molecule has 0 aliphatic heterocycles. The molecule has 0 amide bonds. The van der Waals surface area contributed by atoms with E-state index in [1.807, 2.05) is 30.3 Å². The van der Waals surface area contributed by atoms with Gasteiger partial charge >= 0.3 is 0 Å². The molecule has 1 aromatic heterocycles. The van der Waals surface area contributed by atoms with Crippen LogP contribution in [-0.2, 0) is 6.54 Å². The van der Waals surface area contributed by atoms with Crippen molar-refractivity contribution >= 4 is 21.8 Å². The highest BCUT2D eigenvalue weighted by molar-refractivity contribution is 5.84. The van der Waals surface area contributed by atoms with E-state index in [0.717, 1.165) is 40.5 Å². The Bertz CT molecular complexity index is 1350. The molecule has 4 heteroatoms. The van der Waals surface area contributed by atoms with Crippen LogP contribution in [0.4, 0.5) is 0 Å². The van der Waals surface area contributed by atoms with Crippen molar-refractivity contribution in [2.45, 2.75) is 6.54 Å². The van der Waals surface area contributed by atoms with Gasteiger partial charge in [-0.3, -0.25) is 0 Å². The second-order valence-electron chi connectivity index (χ2n) is 7.29. The first-order chi connectivity index (χ1) is 14.7. The van der Waals surface area contributed by atoms with Gasteiger partial charge in [-0.2, -0.15) is 0 Å². The van der Waals surface area contributed by atoms with Crippen molar-refractivity contribution < 1.29 is 9.47 Å². The second kappa shape index (κ2) is 7.56. The van der Waals surface area contributed by atoms with Gasteiger partial charge in [0.15, 0.2) is 0 Å². The summed E-state index contributed by atoms with van der Waals surface area (Å²) in [7, 11) is 3.36. The molecule has 0 radical (unpaired) electrons. The van der Waals surface area contributed by atoms with Crippen molar-refractivity contribution in [3.8, 4) is 22.9 Å². The van der Waals surface area contributed by atoms with Gasteiger partial charge in [0.1, 0.15) is 17.3 Å². The first kappa shape index (κ1) is 18.3. The molecule has 1 heterocycles. The number of hydrogen-bond acceptors (Lipinski definition) is 3. The van der Waals surface area contributed by atoms with E-state index in [1.165, 1.54) is 16.3 Å². The fourth-order valence-electron chi connectivity index (χ4n) is 3.90. The van der Waals surface area contributed by atoms with Gasteiger partial charge in [0.25, 0.3) is 0 Å². The molecule has 0 atom stereocenters. The molecule has 0 unspecified atom stereocenters. The number of nitrogens with zero attached hydrogens (tertiary/aromatic N) is 2. The molecule has 0 spiro atoms. The lowest BCUT2D eigenvalue weighted by Gasteiger charge is -2.11. The van der Waals surface area contributed by atoms with Crippen LogP contribution < -0.4 is 9.47 Å². The highest BCUT2D eigenvalue weighted by Crippen LogP contribution is 2.30. The number of methoxy groups -OCH3 is 2. The highest BCUT2D eigenvalue weighted by atomic mass is 16.5. The van der Waals surface area contributed by atoms with Crippen LogP contribution in [0.1, 0.15) is 5.56 Å². The molecule has 0 aliphatic carbocycles. The summed E-state index contributed by atoms with van der Waals surface area (Å²) in [5, 5.41) is 2.48. The molecule has 0 N–H and O–H groups in total. The van der Waals surface area contributed by atoms with Gasteiger partial charge in [0.05, 0.1) is 25.3 Å². The summed E-state index contributed by atoms with van der Waals surface area (Å²) in [6.07, 6.45) is 0. The predicted octanol–water partition coefficient (Wildman–Crippen LogP) is 5.92. The maximum absolute atomic E-state index is 5.44. The molecule has 0 bridgehead atoms. The number of fused-ring (bicyclic) bond motifs is 2. The van der Waals surface area contributed by atoms with E-state index in [0.29, 0.717) is 0 Å². The summed E-state index contributed by atoms with van der Waals surface area (Å²) in [4.78, 5) is 4.95. The third-order valence-corrected chi connectivity index (χ3v) is 5.44. The minimum Gasteiger partial charge on any atom is -0.497 e. The predicted molar refractivity (Wildman–Crippen MR) is 121 cm³/mol. The normalized spacial score (nSPS) is 11.1. The van der Waals surface area contributed by atoms with E-state index in [2.05, 4.69) is 59.2 Å². The molecule has 0 aliphatic rings. The minimum atomic E-state index is 0.722. The van der Waals surface area contributed by atoms with Crippen molar-refractivity contribution in [1.82, 2.24) is 9.55 Å². The number of aromatic nitrogens is 2. The lowest BCUT2D eigenvalue weighted by atomic mass is 10.1. The van der Waals surface area contributed by atoms with E-state index < -0.39 is 0 Å². The van der Waals surface area contributed by atoms with Crippen LogP contribution in [-0.4, -0.2) is 23.8 Å². The van der Waals surface area contributed by atoms with Crippen molar-refractivity contribution in [2.75, 3.05) is 14.2 Å². The molecular formula is C26H22N2O2. The smallest absolute Gasteiger partial charge is 0.141 e. The average Bonchev–Trinajstić information content (AvgIpc) is 3.16. The fourth-order valence-corrected chi connectivity index (χ4v) is 3.90. The minimum absolute atomic E-state index is 0.722. The van der Waals surface area contributed by atoms with Crippen LogP contribution in [0, 0.1) is 0 Å². The van der Waals surface area contributed by atoms with Gasteiger partial charge in [0.2, 0.25) is 0 Å². The van der Waals surface area contributed by atoms with Crippen molar-refractivity contribution in [1.29, 1.82) is 0 Å². The number of rotatable bonds is 5. The van der Waals surface area contributed by atoms with Gasteiger partial charge in [-0.25, -0.2) is 4.98 Å². The number of benzene rings is 4. The molecule has 0 saturated carbocycles. The first-order valence-corrected chi connectivity index (χ1v) is 9.91. The molecule has 4 nitrogen and oxygen atoms in total. The Morgan fingerprint density at radius 2 is 1.53 bits per heavy atom. The molecule has 4 aromatic carbocycles. The summed E-state index contributed by atoms with van der Waals surface area (Å²) in [5.41, 5.74) is 4.23. The second-order valence-corrected chi connectivity index (χ2v) is 7.29. The third kappa shape index (κ3) is 3.26. The first-order valence-electron chi connectivity index (χ1n) is 9.91. The van der Waals surface area contributed by atoms with Crippen LogP contribution in [0.3, 0.4) is 0 Å². The summed E-state index contributed by atoms with van der Waals surface area (Å²) in [6.45, 7) is 0.722. The number of imidazole rings is 1. The van der Waals surface area contributed by atoms with Crippen LogP contribution in [0.5, 0.6) is 11.5 Å². The molecule has 0 fully saturated rings. The van der Waals surface area contributed by atoms with E-state index in [-0.39, 0.29) is 0 Å². The zero-order valence-electron chi connectivity index (χ0n) is 17.0. The molecular weight excluding hydrogens is 372 g/mol. The molecule has 30 heavy (non-hydrogen) atoms. The summed E-state index contributed by atoms with van der Waals surface area (Å²) >= 11 is 0. The Labute approximate surface area is 175 Å². The molecule has 0 saturated heterocycles. The average molecular weight is 394 g/mol. The lowest BCUT2D eigenvalue weighted by molar-refractivity contribution is 0.415. The molecule has 5 rings (SSSR count). The summed E-state index contributed by atoms with van der Waals surface area (Å²) in [6, 6.07) is 29.1. The quantitative estimate of drug-likeness (QED) is 0.371. The van der Waals surface area contributed by atoms with E-state index in [9.17, 15) is 0 Å². The molecule has 5 aromatic rings. The number of hydrogen-bond donors (Lipinski definition) is 0. The van der Waals surface area contributed by atoms with E-state index in [4.69, 9.17) is 14.5 Å². The fraction of sp³-hybridized carbons (Fsp3) is 0.115. The Kier molecular flexibility index (Phi) is 4.60. The topological polar surface area (TPSA) is 36.3 Å². The van der Waals surface area contributed by atoms with Crippen molar-refractivity contribution in [3.63, 3.8) is 0 Å². The van der Waals surface area contributed by atoms with Crippen LogP contribution >= 0.6 is 0 Å². The summed E-state index contributed by atoms with van der Waals surface area (Å²) < 4.78 is 13.1. The van der Waals surface area contributed by atoms with E-state index >= 15 is 0 Å². The zero-order chi connectivity index (χ0) is 20.5. The van der Waals surface area contributed by atoms with Gasteiger partial charge in [-0.05, 0) is 46.7 Å². The SMILES string of the molecule is COc1cccc(-c2nc3cc(OC)ccc3n2Cc2ccc3ccccc3c2)c1. The standard InChI is InChI=1S/C26H22N2O2/c1-29-22-9-5-8-21(15-22)26-27-24-16-23(30-2)12-13-25(24)28(26)17-18-10-11-19-6-3-4-7-20(19)14-18/h3-16H,17H2,1-2H3. The highest BCUT2D eigenvalue weighted by Gasteiger charge is 2.15. The Morgan fingerprint density at radius 3 is 2.37 bits per heavy atom. The third-order valence-electron chi connectivity index (χ3n) is 5.44. The molecule has 148 valence electrons. The largest absolute Gasteiger partial charge is 0.497 e. The maximum atomic E-state index is 5.44. The lowest BCUT2D eigenvalue weighted by Crippen LogP contribution is -2.02. The summed E-state index contributed by atoms with van der Waals surface area (Å²) in [5.74, 6) is 2.52. The van der Waals surface area contributed by atoms with Gasteiger partial charge in [-0.15, -0.1) is 0 Å². The van der Waals surface area contributed by atoms with E-state index in [1.54, 1.807) is 14.2 Å². The van der Waals surface area contributed by atoms with Crippen LogP contribution in [0.25, 0.3) is 33.2 Å². The Morgan fingerprint density at radius 1 is 0.733 bits per heavy atom.